The fraction of sp³-hybridized carbons (Fsp3) is 0.875. The first-order valence-corrected chi connectivity index (χ1v) is 8.23. The van der Waals surface area contributed by atoms with Crippen LogP contribution in [-0.4, -0.2) is 74.7 Å². The molecule has 6 nitrogen and oxygen atoms in total. The van der Waals surface area contributed by atoms with Crippen molar-refractivity contribution in [3.63, 3.8) is 0 Å². The van der Waals surface area contributed by atoms with E-state index in [-0.39, 0.29) is 17.8 Å². The fourth-order valence-corrected chi connectivity index (χ4v) is 3.15. The zero-order chi connectivity index (χ0) is 16.3. The number of rotatable bonds is 5. The van der Waals surface area contributed by atoms with Crippen molar-refractivity contribution in [1.82, 2.24) is 15.1 Å². The molecule has 1 heterocycles. The van der Waals surface area contributed by atoms with E-state index >= 15 is 0 Å². The van der Waals surface area contributed by atoms with Crippen molar-refractivity contribution < 1.29 is 9.53 Å². The molecule has 0 aromatic heterocycles. The van der Waals surface area contributed by atoms with E-state index in [9.17, 15) is 4.79 Å². The van der Waals surface area contributed by atoms with Crippen LogP contribution in [0.2, 0.25) is 0 Å². The summed E-state index contributed by atoms with van der Waals surface area (Å²) >= 11 is 0. The normalized spacial score (nSPS) is 27.2. The highest BCUT2D eigenvalue weighted by Crippen LogP contribution is 2.27. The van der Waals surface area contributed by atoms with Gasteiger partial charge in [0.15, 0.2) is 5.96 Å². The molecule has 3 unspecified atom stereocenters. The first-order valence-electron chi connectivity index (χ1n) is 8.23. The third-order valence-corrected chi connectivity index (χ3v) is 5.00. The second-order valence-electron chi connectivity index (χ2n) is 6.69. The Balaban J connectivity index is 1.85. The highest BCUT2D eigenvalue weighted by atomic mass is 16.5. The van der Waals surface area contributed by atoms with Crippen molar-refractivity contribution >= 4 is 11.9 Å². The molecule has 2 fully saturated rings. The molecule has 2 rings (SSSR count). The zero-order valence-electron chi connectivity index (χ0n) is 14.5. The maximum Gasteiger partial charge on any atom is 0.310 e. The average Bonchev–Trinajstić information content (AvgIpc) is 3.29. The number of aliphatic imine (C=N–C) groups is 1. The molecule has 1 aliphatic heterocycles. The van der Waals surface area contributed by atoms with Gasteiger partial charge in [0.05, 0.1) is 13.0 Å². The summed E-state index contributed by atoms with van der Waals surface area (Å²) in [5, 5.41) is 3.45. The zero-order valence-corrected chi connectivity index (χ0v) is 14.5. The Hall–Kier alpha value is -1.30. The smallest absolute Gasteiger partial charge is 0.310 e. The maximum absolute atomic E-state index is 11.8. The van der Waals surface area contributed by atoms with Crippen LogP contribution in [0.4, 0.5) is 0 Å². The van der Waals surface area contributed by atoms with Gasteiger partial charge in [0, 0.05) is 38.8 Å². The second-order valence-corrected chi connectivity index (χ2v) is 6.69. The molecule has 0 radical (unpaired) electrons. The van der Waals surface area contributed by atoms with Gasteiger partial charge in [-0.1, -0.05) is 6.92 Å². The number of carbonyl (C=O) groups excluding carboxylic acids is 1. The average molecular weight is 310 g/mol. The van der Waals surface area contributed by atoms with E-state index in [1.165, 1.54) is 20.0 Å². The molecule has 22 heavy (non-hydrogen) atoms. The molecule has 0 aromatic rings. The van der Waals surface area contributed by atoms with Gasteiger partial charge in [-0.15, -0.1) is 0 Å². The van der Waals surface area contributed by atoms with E-state index in [2.05, 4.69) is 41.0 Å². The number of nitrogens with zero attached hydrogens (tertiary/aromatic N) is 3. The van der Waals surface area contributed by atoms with Crippen LogP contribution in [0.15, 0.2) is 4.99 Å². The molecule has 0 bridgehead atoms. The van der Waals surface area contributed by atoms with Gasteiger partial charge in [-0.3, -0.25) is 14.7 Å². The lowest BCUT2D eigenvalue weighted by molar-refractivity contribution is -0.145. The molecule has 1 N–H and O–H groups in total. The Bertz CT molecular complexity index is 422. The van der Waals surface area contributed by atoms with Crippen molar-refractivity contribution in [2.24, 2.45) is 16.8 Å². The monoisotopic (exact) mass is 310 g/mol. The summed E-state index contributed by atoms with van der Waals surface area (Å²) in [5.74, 6) is 0.995. The van der Waals surface area contributed by atoms with Gasteiger partial charge in [-0.2, -0.15) is 0 Å². The van der Waals surface area contributed by atoms with Crippen LogP contribution in [0.5, 0.6) is 0 Å². The Morgan fingerprint density at radius 2 is 2.14 bits per heavy atom. The lowest BCUT2D eigenvalue weighted by Gasteiger charge is -2.27. The molecule has 1 aliphatic carbocycles. The lowest BCUT2D eigenvalue weighted by atomic mass is 9.99. The summed E-state index contributed by atoms with van der Waals surface area (Å²) in [6.45, 7) is 6.72. The number of guanidine groups is 1. The first kappa shape index (κ1) is 17.1. The minimum atomic E-state index is -0.118. The molecule has 6 heteroatoms. The van der Waals surface area contributed by atoms with Crippen molar-refractivity contribution in [2.75, 3.05) is 40.8 Å². The van der Waals surface area contributed by atoms with Crippen LogP contribution in [0.1, 0.15) is 26.7 Å². The van der Waals surface area contributed by atoms with Crippen molar-refractivity contribution in [1.29, 1.82) is 0 Å². The summed E-state index contributed by atoms with van der Waals surface area (Å²) in [4.78, 5) is 20.8. The molecule has 2 aliphatic rings. The number of likely N-dealkylation sites (tertiary alicyclic amines) is 1. The van der Waals surface area contributed by atoms with Crippen LogP contribution >= 0.6 is 0 Å². The van der Waals surface area contributed by atoms with Gasteiger partial charge in [-0.05, 0) is 32.7 Å². The third-order valence-electron chi connectivity index (χ3n) is 5.00. The third kappa shape index (κ3) is 3.91. The maximum atomic E-state index is 11.8. The molecule has 1 saturated heterocycles. The fourth-order valence-electron chi connectivity index (χ4n) is 3.15. The number of nitrogens with one attached hydrogen (secondary N) is 1. The summed E-state index contributed by atoms with van der Waals surface area (Å²) in [5.41, 5.74) is 0. The molecule has 126 valence electrons. The number of carbonyl (C=O) groups is 1. The highest BCUT2D eigenvalue weighted by Gasteiger charge is 2.37. The van der Waals surface area contributed by atoms with Gasteiger partial charge in [0.2, 0.25) is 0 Å². The SMILES string of the molecule is CN=C(NCC(C)N(C)C1CC1)N1CC(C)C(C(=O)OC)C1. The van der Waals surface area contributed by atoms with Gasteiger partial charge in [0.1, 0.15) is 0 Å². The largest absolute Gasteiger partial charge is 0.469 e. The lowest BCUT2D eigenvalue weighted by Crippen LogP contribution is -2.46. The molecule has 3 atom stereocenters. The van der Waals surface area contributed by atoms with E-state index in [1.807, 2.05) is 0 Å². The van der Waals surface area contributed by atoms with Crippen molar-refractivity contribution in [3.8, 4) is 0 Å². The van der Waals surface area contributed by atoms with Gasteiger partial charge in [0.25, 0.3) is 0 Å². The Morgan fingerprint density at radius 3 is 2.68 bits per heavy atom. The number of likely N-dealkylation sites (N-methyl/N-ethyl adjacent to an activating group) is 1. The van der Waals surface area contributed by atoms with Gasteiger partial charge < -0.3 is 15.0 Å². The van der Waals surface area contributed by atoms with Crippen LogP contribution in [0.3, 0.4) is 0 Å². The summed E-state index contributed by atoms with van der Waals surface area (Å²) in [7, 11) is 5.45. The number of esters is 1. The second kappa shape index (κ2) is 7.31. The van der Waals surface area contributed by atoms with Crippen LogP contribution < -0.4 is 5.32 Å². The number of ether oxygens (including phenoxy) is 1. The van der Waals surface area contributed by atoms with E-state index in [0.29, 0.717) is 12.6 Å². The molecule has 1 saturated carbocycles. The minimum absolute atomic E-state index is 0.0601. The standard InChI is InChI=1S/C16H30N4O2/c1-11-9-20(10-14(11)15(21)22-5)16(17-3)18-8-12(2)19(4)13-6-7-13/h11-14H,6-10H2,1-5H3,(H,17,18). The van der Waals surface area contributed by atoms with Crippen LogP contribution in [-0.2, 0) is 9.53 Å². The molecular weight excluding hydrogens is 280 g/mol. The molecular formula is C16H30N4O2. The van der Waals surface area contributed by atoms with Crippen LogP contribution in [0, 0.1) is 11.8 Å². The number of hydrogen-bond acceptors (Lipinski definition) is 4. The molecule has 0 amide bonds. The summed E-state index contributed by atoms with van der Waals surface area (Å²) in [6.07, 6.45) is 2.64. The quantitative estimate of drug-likeness (QED) is 0.462. The Labute approximate surface area is 133 Å². The predicted octanol–water partition coefficient (Wildman–Crippen LogP) is 0.785. The van der Waals surface area contributed by atoms with Crippen molar-refractivity contribution in [3.05, 3.63) is 0 Å². The number of methoxy groups -OCH3 is 1. The van der Waals surface area contributed by atoms with Crippen LogP contribution in [0.25, 0.3) is 0 Å². The van der Waals surface area contributed by atoms with Crippen molar-refractivity contribution in [2.45, 2.75) is 38.8 Å². The summed E-state index contributed by atoms with van der Waals surface area (Å²) < 4.78 is 4.90. The predicted molar refractivity (Wildman–Crippen MR) is 87.9 cm³/mol. The number of hydrogen-bond donors (Lipinski definition) is 1. The van der Waals surface area contributed by atoms with E-state index < -0.39 is 0 Å². The van der Waals surface area contributed by atoms with E-state index in [1.54, 1.807) is 7.05 Å². The van der Waals surface area contributed by atoms with E-state index in [0.717, 1.165) is 25.1 Å². The Kier molecular flexibility index (Phi) is 5.67. The highest BCUT2D eigenvalue weighted by molar-refractivity contribution is 5.82. The topological polar surface area (TPSA) is 57.2 Å². The van der Waals surface area contributed by atoms with Gasteiger partial charge in [-0.25, -0.2) is 0 Å². The van der Waals surface area contributed by atoms with E-state index in [4.69, 9.17) is 4.74 Å². The first-order chi connectivity index (χ1) is 10.5. The Morgan fingerprint density at radius 1 is 1.45 bits per heavy atom. The van der Waals surface area contributed by atoms with Gasteiger partial charge >= 0.3 is 5.97 Å². The summed E-state index contributed by atoms with van der Waals surface area (Å²) in [6, 6.07) is 1.23. The minimum Gasteiger partial charge on any atom is -0.469 e. The molecule has 0 aromatic carbocycles. The molecule has 0 spiro atoms.